The molecule has 32 heavy (non-hydrogen) atoms. The maximum atomic E-state index is 11.1. The fourth-order valence-corrected chi connectivity index (χ4v) is 4.43. The number of aromatic hydroxyl groups is 1. The Morgan fingerprint density at radius 1 is 0.938 bits per heavy atom. The van der Waals surface area contributed by atoms with Gasteiger partial charge in [0.1, 0.15) is 11.4 Å². The average molecular weight is 422 g/mol. The van der Waals surface area contributed by atoms with Crippen molar-refractivity contribution in [3.63, 3.8) is 0 Å². The topological polar surface area (TPSA) is 105 Å². The Hall–Kier alpha value is -4.10. The second-order valence-electron chi connectivity index (χ2n) is 8.20. The van der Waals surface area contributed by atoms with Crippen LogP contribution in [-0.4, -0.2) is 24.9 Å². The fourth-order valence-electron chi connectivity index (χ4n) is 4.43. The molecule has 0 spiro atoms. The van der Waals surface area contributed by atoms with Crippen molar-refractivity contribution in [3.8, 4) is 39.7 Å². The van der Waals surface area contributed by atoms with Crippen LogP contribution in [0.25, 0.3) is 44.9 Å². The largest absolute Gasteiger partial charge is 0.504 e. The number of benzene rings is 3. The summed E-state index contributed by atoms with van der Waals surface area (Å²) >= 11 is 0. The number of rotatable bonds is 3. The molecule has 0 radical (unpaired) electrons. The van der Waals surface area contributed by atoms with Crippen molar-refractivity contribution in [1.82, 2.24) is 25.1 Å². The summed E-state index contributed by atoms with van der Waals surface area (Å²) in [6.07, 6.45) is 0. The van der Waals surface area contributed by atoms with Crippen molar-refractivity contribution in [2.45, 2.75) is 13.1 Å². The molecule has 0 unspecified atom stereocenters. The molecule has 0 amide bonds. The maximum absolute atomic E-state index is 11.1. The van der Waals surface area contributed by atoms with Crippen LogP contribution < -0.4 is 11.1 Å². The van der Waals surface area contributed by atoms with Gasteiger partial charge in [0.2, 0.25) is 0 Å². The summed E-state index contributed by atoms with van der Waals surface area (Å²) in [5.41, 5.74) is 15.0. The first-order chi connectivity index (χ1) is 15.6. The van der Waals surface area contributed by atoms with Crippen LogP contribution in [0, 0.1) is 0 Å². The number of aromatic amines is 1. The summed E-state index contributed by atoms with van der Waals surface area (Å²) in [4.78, 5) is 8.09. The quantitative estimate of drug-likeness (QED) is 0.326. The standard InChI is InChI=1S/C25H22N6O/c1-31-23(25-28-20-10-17-12-27-13-18(17)11-21(20)29-25)24(32)22(30-31)15-7-5-14(6-8-15)16-3-2-4-19(26)9-16/h2-11,27,32H,12-13,26H2,1H3,(H,28,29). The molecule has 5 N–H and O–H groups in total. The van der Waals surface area contributed by atoms with Gasteiger partial charge in [-0.05, 0) is 46.5 Å². The van der Waals surface area contributed by atoms with Crippen LogP contribution in [-0.2, 0) is 20.1 Å². The molecule has 7 nitrogen and oxygen atoms in total. The van der Waals surface area contributed by atoms with Gasteiger partial charge in [-0.1, -0.05) is 36.4 Å². The number of nitrogens with one attached hydrogen (secondary N) is 2. The lowest BCUT2D eigenvalue weighted by molar-refractivity contribution is 0.478. The molecule has 1 aliphatic heterocycles. The SMILES string of the molecule is Cn1nc(-c2ccc(-c3cccc(N)c3)cc2)c(O)c1-c1nc2cc3c(cc2[nH]1)CNC3. The van der Waals surface area contributed by atoms with Gasteiger partial charge in [-0.15, -0.1) is 0 Å². The second kappa shape index (κ2) is 6.96. The molecule has 0 fully saturated rings. The van der Waals surface area contributed by atoms with Gasteiger partial charge in [0.25, 0.3) is 0 Å². The van der Waals surface area contributed by atoms with Gasteiger partial charge in [0.05, 0.1) is 11.0 Å². The smallest absolute Gasteiger partial charge is 0.173 e. The van der Waals surface area contributed by atoms with Crippen LogP contribution in [0.15, 0.2) is 60.7 Å². The van der Waals surface area contributed by atoms with Crippen LogP contribution in [0.2, 0.25) is 0 Å². The van der Waals surface area contributed by atoms with E-state index < -0.39 is 0 Å². The molecule has 6 rings (SSSR count). The highest BCUT2D eigenvalue weighted by Crippen LogP contribution is 2.38. The molecule has 5 aromatic rings. The normalized spacial score (nSPS) is 13.0. The fraction of sp³-hybridized carbons (Fsp3) is 0.120. The van der Waals surface area contributed by atoms with Crippen LogP contribution in [0.1, 0.15) is 11.1 Å². The Morgan fingerprint density at radius 3 is 2.47 bits per heavy atom. The number of imidazole rings is 1. The van der Waals surface area contributed by atoms with Gasteiger partial charge < -0.3 is 21.1 Å². The number of aryl methyl sites for hydroxylation is 1. The van der Waals surface area contributed by atoms with E-state index in [1.165, 1.54) is 11.1 Å². The molecule has 0 atom stereocenters. The Morgan fingerprint density at radius 2 is 1.69 bits per heavy atom. The highest BCUT2D eigenvalue weighted by Gasteiger charge is 2.22. The predicted octanol–water partition coefficient (Wildman–Crippen LogP) is 4.19. The second-order valence-corrected chi connectivity index (χ2v) is 8.20. The number of hydrogen-bond donors (Lipinski definition) is 4. The third kappa shape index (κ3) is 2.94. The maximum Gasteiger partial charge on any atom is 0.173 e. The van der Waals surface area contributed by atoms with E-state index in [0.717, 1.165) is 46.5 Å². The lowest BCUT2D eigenvalue weighted by atomic mass is 10.0. The van der Waals surface area contributed by atoms with Crippen molar-refractivity contribution in [2.75, 3.05) is 5.73 Å². The zero-order valence-corrected chi connectivity index (χ0v) is 17.6. The molecule has 158 valence electrons. The molecule has 2 aromatic heterocycles. The lowest BCUT2D eigenvalue weighted by Gasteiger charge is -2.04. The van der Waals surface area contributed by atoms with E-state index >= 15 is 0 Å². The third-order valence-corrected chi connectivity index (χ3v) is 6.06. The Balaban J connectivity index is 1.38. The Bertz CT molecular complexity index is 1440. The summed E-state index contributed by atoms with van der Waals surface area (Å²) in [5.74, 6) is 0.712. The minimum atomic E-state index is 0.109. The van der Waals surface area contributed by atoms with Crippen LogP contribution >= 0.6 is 0 Å². The summed E-state index contributed by atoms with van der Waals surface area (Å²) in [5, 5.41) is 19.0. The molecule has 1 aliphatic rings. The zero-order chi connectivity index (χ0) is 21.8. The number of H-pyrrole nitrogens is 1. The van der Waals surface area contributed by atoms with E-state index in [2.05, 4.69) is 27.5 Å². The number of nitrogens with two attached hydrogens (primary N) is 1. The first-order valence-corrected chi connectivity index (χ1v) is 10.5. The summed E-state index contributed by atoms with van der Waals surface area (Å²) in [6, 6.07) is 19.9. The van der Waals surface area contributed by atoms with Gasteiger partial charge in [0, 0.05) is 31.4 Å². The van der Waals surface area contributed by atoms with Gasteiger partial charge >= 0.3 is 0 Å². The number of hydrogen-bond acceptors (Lipinski definition) is 5. The first kappa shape index (κ1) is 18.7. The molecule has 7 heteroatoms. The minimum absolute atomic E-state index is 0.109. The number of aromatic nitrogens is 4. The summed E-state index contributed by atoms with van der Waals surface area (Å²) in [7, 11) is 1.82. The molecule has 0 saturated heterocycles. The summed E-state index contributed by atoms with van der Waals surface area (Å²) in [6.45, 7) is 1.73. The van der Waals surface area contributed by atoms with Crippen LogP contribution in [0.3, 0.4) is 0 Å². The van der Waals surface area contributed by atoms with Crippen LogP contribution in [0.5, 0.6) is 5.75 Å². The van der Waals surface area contributed by atoms with Crippen molar-refractivity contribution < 1.29 is 5.11 Å². The van der Waals surface area contributed by atoms with Crippen LogP contribution in [0.4, 0.5) is 5.69 Å². The minimum Gasteiger partial charge on any atom is -0.504 e. The average Bonchev–Trinajstić information content (AvgIpc) is 3.48. The zero-order valence-electron chi connectivity index (χ0n) is 17.6. The monoisotopic (exact) mass is 422 g/mol. The summed E-state index contributed by atoms with van der Waals surface area (Å²) < 4.78 is 1.67. The van der Waals surface area contributed by atoms with Gasteiger partial charge in [-0.25, -0.2) is 4.98 Å². The van der Waals surface area contributed by atoms with E-state index in [-0.39, 0.29) is 5.75 Å². The number of fused-ring (bicyclic) bond motifs is 2. The lowest BCUT2D eigenvalue weighted by Crippen LogP contribution is -1.99. The van der Waals surface area contributed by atoms with Crippen molar-refractivity contribution >= 4 is 16.7 Å². The van der Waals surface area contributed by atoms with Crippen molar-refractivity contribution in [1.29, 1.82) is 0 Å². The molecule has 0 bridgehead atoms. The van der Waals surface area contributed by atoms with Gasteiger partial charge in [-0.3, -0.25) is 4.68 Å². The number of nitrogens with zero attached hydrogens (tertiary/aromatic N) is 3. The van der Waals surface area contributed by atoms with Gasteiger partial charge in [0.15, 0.2) is 11.6 Å². The van der Waals surface area contributed by atoms with Crippen molar-refractivity contribution in [2.24, 2.45) is 7.05 Å². The van der Waals surface area contributed by atoms with Gasteiger partial charge in [-0.2, -0.15) is 5.10 Å². The van der Waals surface area contributed by atoms with E-state index in [0.29, 0.717) is 17.2 Å². The Labute approximate surface area is 184 Å². The van der Waals surface area contributed by atoms with E-state index in [9.17, 15) is 5.11 Å². The number of nitrogen functional groups attached to an aromatic ring is 1. The predicted molar refractivity (Wildman–Crippen MR) is 126 cm³/mol. The highest BCUT2D eigenvalue weighted by atomic mass is 16.3. The van der Waals surface area contributed by atoms with E-state index in [4.69, 9.17) is 10.7 Å². The molecular weight excluding hydrogens is 400 g/mol. The number of anilines is 1. The molecule has 0 aliphatic carbocycles. The molecule has 0 saturated carbocycles. The molecular formula is C25H22N6O. The van der Waals surface area contributed by atoms with Crippen molar-refractivity contribution in [3.05, 3.63) is 71.8 Å². The first-order valence-electron chi connectivity index (χ1n) is 10.5. The highest BCUT2D eigenvalue weighted by molar-refractivity contribution is 5.84. The molecule has 3 heterocycles. The van der Waals surface area contributed by atoms with E-state index in [1.807, 2.05) is 55.6 Å². The molecule has 3 aromatic carbocycles. The third-order valence-electron chi connectivity index (χ3n) is 6.06. The van der Waals surface area contributed by atoms with E-state index in [1.54, 1.807) is 4.68 Å². The Kier molecular flexibility index (Phi) is 4.06.